The van der Waals surface area contributed by atoms with Crippen LogP contribution in [0.4, 0.5) is 18.0 Å². The number of hydrogen-bond acceptors (Lipinski definition) is 7. The number of fused-ring (bicyclic) bond motifs is 1. The molecule has 2 fully saturated rings. The molecule has 4 heterocycles. The Bertz CT molecular complexity index is 1440. The van der Waals surface area contributed by atoms with Crippen LogP contribution in [0, 0.1) is 6.92 Å². The molecule has 214 valence electrons. The molecule has 40 heavy (non-hydrogen) atoms. The van der Waals surface area contributed by atoms with Gasteiger partial charge < -0.3 is 10.2 Å². The SMILES string of the molecule is Cc1cc(Cl)cc(-c2ncnc3cc(CN4C(=O)CCN(CC(F)(F)F)C4=O)sc23)c1CN1[C@@H](C)CNC[C@@H]1C. The number of rotatable bonds is 6. The van der Waals surface area contributed by atoms with Gasteiger partial charge in [0.05, 0.1) is 22.5 Å². The maximum absolute atomic E-state index is 13.0. The monoisotopic (exact) mass is 594 g/mol. The third-order valence-corrected chi connectivity index (χ3v) is 8.82. The first-order valence-corrected chi connectivity index (χ1v) is 14.3. The van der Waals surface area contributed by atoms with Crippen LogP contribution in [0.1, 0.15) is 36.3 Å². The Morgan fingerprint density at radius 3 is 2.52 bits per heavy atom. The van der Waals surface area contributed by atoms with Crippen molar-refractivity contribution in [2.24, 2.45) is 0 Å². The normalized spacial score (nSPS) is 21.1. The summed E-state index contributed by atoms with van der Waals surface area (Å²) in [5.41, 5.74) is 4.33. The van der Waals surface area contributed by atoms with Crippen molar-refractivity contribution in [1.82, 2.24) is 30.0 Å². The molecule has 1 aromatic carbocycles. The van der Waals surface area contributed by atoms with Gasteiger partial charge in [0.2, 0.25) is 5.91 Å². The molecule has 2 aromatic heterocycles. The van der Waals surface area contributed by atoms with Crippen molar-refractivity contribution in [3.63, 3.8) is 0 Å². The van der Waals surface area contributed by atoms with Gasteiger partial charge in [-0.1, -0.05) is 11.6 Å². The lowest BCUT2D eigenvalue weighted by atomic mass is 9.96. The van der Waals surface area contributed by atoms with Crippen LogP contribution in [0.3, 0.4) is 0 Å². The molecule has 0 saturated carbocycles. The molecule has 13 heteroatoms. The van der Waals surface area contributed by atoms with E-state index in [1.165, 1.54) is 17.7 Å². The Labute approximate surface area is 239 Å². The van der Waals surface area contributed by atoms with Gasteiger partial charge >= 0.3 is 12.2 Å². The Kier molecular flexibility index (Phi) is 8.06. The Morgan fingerprint density at radius 2 is 1.82 bits per heavy atom. The van der Waals surface area contributed by atoms with Crippen molar-refractivity contribution < 1.29 is 22.8 Å². The zero-order valence-corrected chi connectivity index (χ0v) is 24.0. The van der Waals surface area contributed by atoms with Crippen molar-refractivity contribution in [3.8, 4) is 11.3 Å². The molecule has 0 unspecified atom stereocenters. The maximum atomic E-state index is 13.0. The molecule has 2 aliphatic rings. The highest BCUT2D eigenvalue weighted by Gasteiger charge is 2.39. The highest BCUT2D eigenvalue weighted by molar-refractivity contribution is 7.19. The molecule has 3 amide bonds. The first-order chi connectivity index (χ1) is 18.9. The fourth-order valence-electron chi connectivity index (χ4n) is 5.45. The summed E-state index contributed by atoms with van der Waals surface area (Å²) in [4.78, 5) is 38.9. The summed E-state index contributed by atoms with van der Waals surface area (Å²) < 4.78 is 39.6. The second-order valence-corrected chi connectivity index (χ2v) is 12.0. The highest BCUT2D eigenvalue weighted by atomic mass is 35.5. The summed E-state index contributed by atoms with van der Waals surface area (Å²) in [6, 6.07) is 5.32. The van der Waals surface area contributed by atoms with Crippen LogP contribution in [-0.4, -0.2) is 81.0 Å². The molecular weight excluding hydrogens is 565 g/mol. The third-order valence-electron chi connectivity index (χ3n) is 7.49. The molecule has 2 atom stereocenters. The summed E-state index contributed by atoms with van der Waals surface area (Å²) in [6.07, 6.45) is -3.24. The summed E-state index contributed by atoms with van der Waals surface area (Å²) in [5.74, 6) is -0.501. The maximum Gasteiger partial charge on any atom is 0.406 e. The van der Waals surface area contributed by atoms with Crippen LogP contribution in [0.25, 0.3) is 21.5 Å². The van der Waals surface area contributed by atoms with E-state index in [1.807, 2.05) is 19.1 Å². The predicted octanol–water partition coefficient (Wildman–Crippen LogP) is 5.22. The number of aryl methyl sites for hydroxylation is 1. The number of amides is 3. The number of halogens is 4. The van der Waals surface area contributed by atoms with E-state index in [1.54, 1.807) is 6.07 Å². The topological polar surface area (TPSA) is 81.7 Å². The van der Waals surface area contributed by atoms with Crippen molar-refractivity contribution in [2.75, 3.05) is 26.2 Å². The third kappa shape index (κ3) is 5.95. The van der Waals surface area contributed by atoms with E-state index < -0.39 is 24.7 Å². The van der Waals surface area contributed by atoms with Gasteiger partial charge in [-0.2, -0.15) is 13.2 Å². The number of urea groups is 1. The van der Waals surface area contributed by atoms with Gasteiger partial charge in [-0.05, 0) is 50.1 Å². The number of carbonyl (C=O) groups is 2. The first-order valence-electron chi connectivity index (χ1n) is 13.1. The van der Waals surface area contributed by atoms with Gasteiger partial charge in [-0.3, -0.25) is 14.6 Å². The molecule has 0 aliphatic carbocycles. The number of thiophene rings is 1. The number of imide groups is 1. The minimum Gasteiger partial charge on any atom is -0.315 e. The Morgan fingerprint density at radius 1 is 1.10 bits per heavy atom. The number of aromatic nitrogens is 2. The molecule has 2 saturated heterocycles. The second-order valence-electron chi connectivity index (χ2n) is 10.5. The molecule has 8 nitrogen and oxygen atoms in total. The van der Waals surface area contributed by atoms with Crippen LogP contribution in [0.15, 0.2) is 24.5 Å². The number of carbonyl (C=O) groups excluding carboxylic acids is 2. The molecule has 1 N–H and O–H groups in total. The van der Waals surface area contributed by atoms with E-state index in [9.17, 15) is 22.8 Å². The fraction of sp³-hybridized carbons (Fsp3) is 0.481. The van der Waals surface area contributed by atoms with E-state index in [0.717, 1.165) is 39.4 Å². The minimum atomic E-state index is -4.54. The quantitative estimate of drug-likeness (QED) is 0.422. The van der Waals surface area contributed by atoms with E-state index in [2.05, 4.69) is 34.0 Å². The molecule has 2 aliphatic heterocycles. The minimum absolute atomic E-state index is 0.135. The average molecular weight is 595 g/mol. The van der Waals surface area contributed by atoms with E-state index >= 15 is 0 Å². The zero-order valence-electron chi connectivity index (χ0n) is 22.4. The van der Waals surface area contributed by atoms with Gasteiger partial charge in [-0.25, -0.2) is 14.8 Å². The molecule has 0 spiro atoms. The zero-order chi connectivity index (χ0) is 28.8. The lowest BCUT2D eigenvalue weighted by Crippen LogP contribution is -2.54. The van der Waals surface area contributed by atoms with Crippen LogP contribution in [0.5, 0.6) is 0 Å². The molecule has 0 radical (unpaired) electrons. The van der Waals surface area contributed by atoms with E-state index in [4.69, 9.17) is 11.6 Å². The Hall–Kier alpha value is -2.80. The summed E-state index contributed by atoms with van der Waals surface area (Å²) in [6.45, 7) is 7.14. The first kappa shape index (κ1) is 28.7. The van der Waals surface area contributed by atoms with Crippen LogP contribution >= 0.6 is 22.9 Å². The van der Waals surface area contributed by atoms with Crippen LogP contribution in [-0.2, 0) is 17.9 Å². The Balaban J connectivity index is 1.49. The lowest BCUT2D eigenvalue weighted by molar-refractivity contribution is -0.149. The van der Waals surface area contributed by atoms with Gasteiger partial charge in [0.1, 0.15) is 12.9 Å². The molecule has 3 aromatic rings. The van der Waals surface area contributed by atoms with Crippen LogP contribution < -0.4 is 5.32 Å². The number of nitrogens with one attached hydrogen (secondary N) is 1. The van der Waals surface area contributed by atoms with Gasteiger partial charge in [0, 0.05) is 60.1 Å². The van der Waals surface area contributed by atoms with Gasteiger partial charge in [-0.15, -0.1) is 11.3 Å². The second kappa shape index (κ2) is 11.2. The largest absolute Gasteiger partial charge is 0.406 e. The number of benzene rings is 1. The van der Waals surface area contributed by atoms with Crippen molar-refractivity contribution in [2.45, 2.75) is 58.5 Å². The molecule has 0 bridgehead atoms. The predicted molar refractivity (Wildman–Crippen MR) is 148 cm³/mol. The van der Waals surface area contributed by atoms with Crippen molar-refractivity contribution >= 4 is 45.1 Å². The van der Waals surface area contributed by atoms with Crippen LogP contribution in [0.2, 0.25) is 5.02 Å². The van der Waals surface area contributed by atoms with Gasteiger partial charge in [0.25, 0.3) is 0 Å². The van der Waals surface area contributed by atoms with Crippen molar-refractivity contribution in [1.29, 1.82) is 0 Å². The highest BCUT2D eigenvalue weighted by Crippen LogP contribution is 2.38. The summed E-state index contributed by atoms with van der Waals surface area (Å²) in [5, 5.41) is 4.04. The van der Waals surface area contributed by atoms with Gasteiger partial charge in [0.15, 0.2) is 0 Å². The van der Waals surface area contributed by atoms with E-state index in [-0.39, 0.29) is 19.5 Å². The fourth-order valence-corrected chi connectivity index (χ4v) is 6.82. The lowest BCUT2D eigenvalue weighted by Gasteiger charge is -2.40. The summed E-state index contributed by atoms with van der Waals surface area (Å²) >= 11 is 7.84. The standard InChI is InChI=1S/C27H30ClF3N6O2S/c1-15-6-18(28)7-20(21(15)12-36-16(2)9-32-10-17(36)3)24-25-22(33-14-34-24)8-19(40-25)11-37-23(38)4-5-35(26(37)39)13-27(29,30)31/h6-8,14,16-17,32H,4-5,9-13H2,1-3H3/t16-,17-/m0/s1. The number of piperazine rings is 1. The molecular formula is C27H30ClF3N6O2S. The summed E-state index contributed by atoms with van der Waals surface area (Å²) in [7, 11) is 0. The smallest absolute Gasteiger partial charge is 0.315 e. The van der Waals surface area contributed by atoms with Crippen molar-refractivity contribution in [3.05, 3.63) is 45.6 Å². The number of alkyl halides is 3. The number of nitrogens with zero attached hydrogens (tertiary/aromatic N) is 5. The van der Waals surface area contributed by atoms with E-state index in [0.29, 0.717) is 44.6 Å². The number of hydrogen-bond donors (Lipinski definition) is 1. The molecule has 5 rings (SSSR count). The average Bonchev–Trinajstić information content (AvgIpc) is 3.29.